The third kappa shape index (κ3) is 14.0. The number of rotatable bonds is 3. The van der Waals surface area contributed by atoms with Crippen LogP contribution in [-0.2, 0) is 6.42 Å². The van der Waals surface area contributed by atoms with Crippen molar-refractivity contribution < 1.29 is 0 Å². The summed E-state index contributed by atoms with van der Waals surface area (Å²) in [6.45, 7) is 21.5. The quantitative estimate of drug-likeness (QED) is 0.494. The van der Waals surface area contributed by atoms with Gasteiger partial charge in [-0.15, -0.1) is 0 Å². The van der Waals surface area contributed by atoms with Gasteiger partial charge in [0, 0.05) is 0 Å². The van der Waals surface area contributed by atoms with Crippen LogP contribution in [-0.4, -0.2) is 0 Å². The summed E-state index contributed by atoms with van der Waals surface area (Å²) in [5, 5.41) is 0. The maximum atomic E-state index is 3.36. The molecule has 2 rings (SSSR count). The van der Waals surface area contributed by atoms with Crippen molar-refractivity contribution in [3.63, 3.8) is 0 Å². The fraction of sp³-hybridized carbons (Fsp3) is 0.360. The van der Waals surface area contributed by atoms with Crippen molar-refractivity contribution in [2.45, 2.75) is 54.9 Å². The molecular weight excluding hydrogens is 300 g/mol. The Balaban J connectivity index is 0. The molecule has 0 aliphatic rings. The highest BCUT2D eigenvalue weighted by Crippen LogP contribution is 2.20. The summed E-state index contributed by atoms with van der Waals surface area (Å²) in [6, 6.07) is 17.5. The molecule has 0 bridgehead atoms. The molecule has 0 nitrogen and oxygen atoms in total. The molecule has 0 amide bonds. The molecule has 0 fully saturated rings. The van der Waals surface area contributed by atoms with Crippen LogP contribution >= 0.6 is 0 Å². The summed E-state index contributed by atoms with van der Waals surface area (Å²) < 4.78 is 0. The molecule has 0 aliphatic carbocycles. The first-order valence-corrected chi connectivity index (χ1v) is 9.34. The zero-order chi connectivity index (χ0) is 19.7. The molecule has 2 aromatic carbocycles. The van der Waals surface area contributed by atoms with Crippen LogP contribution in [0.4, 0.5) is 0 Å². The number of hydrogen-bond acceptors (Lipinski definition) is 0. The van der Waals surface area contributed by atoms with Crippen LogP contribution in [0.2, 0.25) is 0 Å². The minimum absolute atomic E-state index is 0.833. The van der Waals surface area contributed by atoms with Crippen molar-refractivity contribution in [2.75, 3.05) is 0 Å². The molecule has 0 aromatic heterocycles. The molecule has 0 atom stereocenters. The fourth-order valence-electron chi connectivity index (χ4n) is 1.68. The molecule has 0 aliphatic heterocycles. The first-order chi connectivity index (χ1) is 11.9. The Morgan fingerprint density at radius 1 is 0.760 bits per heavy atom. The largest absolute Gasteiger partial charge is 0.0991 e. The smallest absolute Gasteiger partial charge is 0.0184 e. The lowest BCUT2D eigenvalue weighted by Crippen LogP contribution is -1.81. The SMILES string of the molecule is C=CC=C.CC.CC(C)C.CCc1ccc(-c2ccc(C)cc2)cc1. The standard InChI is InChI=1S/C15H16.C4H10.C4H6.C2H6/c1-3-13-6-10-15(11-7-13)14-8-4-12(2)5-9-14;1-4(2)3;1-3-4-2;1-2/h4-11H,3H2,1-2H3;4H,1-3H3;3-4H,1-2H2;1-2H3. The van der Waals surface area contributed by atoms with Gasteiger partial charge in [0.2, 0.25) is 0 Å². The van der Waals surface area contributed by atoms with Crippen LogP contribution in [0.25, 0.3) is 11.1 Å². The lowest BCUT2D eigenvalue weighted by molar-refractivity contribution is 0.737. The number of allylic oxidation sites excluding steroid dienone is 2. The first-order valence-electron chi connectivity index (χ1n) is 9.34. The second-order valence-corrected chi connectivity index (χ2v) is 6.12. The van der Waals surface area contributed by atoms with Crippen molar-refractivity contribution in [1.82, 2.24) is 0 Å². The van der Waals surface area contributed by atoms with Crippen LogP contribution in [0.1, 0.15) is 52.7 Å². The van der Waals surface area contributed by atoms with Gasteiger partial charge >= 0.3 is 0 Å². The molecule has 0 unspecified atom stereocenters. The zero-order valence-corrected chi connectivity index (χ0v) is 17.5. The minimum Gasteiger partial charge on any atom is -0.0991 e. The van der Waals surface area contributed by atoms with Gasteiger partial charge in [-0.1, -0.05) is 121 Å². The second-order valence-electron chi connectivity index (χ2n) is 6.12. The van der Waals surface area contributed by atoms with Gasteiger partial charge < -0.3 is 0 Å². The van der Waals surface area contributed by atoms with Gasteiger partial charge in [-0.3, -0.25) is 0 Å². The highest BCUT2D eigenvalue weighted by Gasteiger charge is 1.96. The number of aryl methyl sites for hydroxylation is 2. The van der Waals surface area contributed by atoms with Crippen molar-refractivity contribution in [2.24, 2.45) is 5.92 Å². The molecule has 138 valence electrons. The van der Waals surface area contributed by atoms with Crippen molar-refractivity contribution >= 4 is 0 Å². The predicted molar refractivity (Wildman–Crippen MR) is 118 cm³/mol. The zero-order valence-electron chi connectivity index (χ0n) is 17.5. The van der Waals surface area contributed by atoms with Crippen LogP contribution < -0.4 is 0 Å². The molecule has 0 spiro atoms. The topological polar surface area (TPSA) is 0 Å². The van der Waals surface area contributed by atoms with Crippen LogP contribution in [0.5, 0.6) is 0 Å². The maximum absolute atomic E-state index is 3.36. The van der Waals surface area contributed by atoms with E-state index in [9.17, 15) is 0 Å². The van der Waals surface area contributed by atoms with E-state index >= 15 is 0 Å². The van der Waals surface area contributed by atoms with Gasteiger partial charge in [0.15, 0.2) is 0 Å². The van der Waals surface area contributed by atoms with E-state index in [-0.39, 0.29) is 0 Å². The monoisotopic (exact) mass is 338 g/mol. The summed E-state index contributed by atoms with van der Waals surface area (Å²) in [5.74, 6) is 0.833. The molecule has 25 heavy (non-hydrogen) atoms. The van der Waals surface area contributed by atoms with Crippen molar-refractivity contribution in [3.8, 4) is 11.1 Å². The van der Waals surface area contributed by atoms with Gasteiger partial charge in [0.05, 0.1) is 0 Å². The molecule has 0 radical (unpaired) electrons. The van der Waals surface area contributed by atoms with Gasteiger partial charge in [-0.25, -0.2) is 0 Å². The first kappa shape index (κ1) is 25.2. The lowest BCUT2D eigenvalue weighted by atomic mass is 10.0. The minimum atomic E-state index is 0.833. The third-order valence-corrected chi connectivity index (χ3v) is 2.91. The Morgan fingerprint density at radius 2 is 1.08 bits per heavy atom. The summed E-state index contributed by atoms with van der Waals surface area (Å²) in [6.07, 6.45) is 4.38. The van der Waals surface area contributed by atoms with E-state index in [0.29, 0.717) is 0 Å². The highest BCUT2D eigenvalue weighted by molar-refractivity contribution is 5.63. The Bertz CT molecular complexity index is 533. The highest BCUT2D eigenvalue weighted by atomic mass is 14.0. The van der Waals surface area contributed by atoms with E-state index in [1.54, 1.807) is 12.2 Å². The molecule has 0 heteroatoms. The van der Waals surface area contributed by atoms with E-state index in [1.165, 1.54) is 22.3 Å². The molecule has 0 N–H and O–H groups in total. The average molecular weight is 339 g/mol. The number of hydrogen-bond donors (Lipinski definition) is 0. The Hall–Kier alpha value is -2.08. The van der Waals surface area contributed by atoms with Crippen LogP contribution in [0, 0.1) is 12.8 Å². The lowest BCUT2D eigenvalue weighted by Gasteiger charge is -2.03. The number of benzene rings is 2. The van der Waals surface area contributed by atoms with E-state index in [0.717, 1.165) is 12.3 Å². The van der Waals surface area contributed by atoms with E-state index in [4.69, 9.17) is 0 Å². The van der Waals surface area contributed by atoms with Gasteiger partial charge in [0.1, 0.15) is 0 Å². The van der Waals surface area contributed by atoms with E-state index in [1.807, 2.05) is 13.8 Å². The molecular formula is C25H38. The maximum Gasteiger partial charge on any atom is -0.0184 e. The third-order valence-electron chi connectivity index (χ3n) is 2.91. The summed E-state index contributed by atoms with van der Waals surface area (Å²) in [7, 11) is 0. The fourth-order valence-corrected chi connectivity index (χ4v) is 1.68. The summed E-state index contributed by atoms with van der Waals surface area (Å²) in [4.78, 5) is 0. The molecule has 0 heterocycles. The van der Waals surface area contributed by atoms with Gasteiger partial charge in [0.25, 0.3) is 0 Å². The second kappa shape index (κ2) is 16.8. The van der Waals surface area contributed by atoms with Crippen LogP contribution in [0.15, 0.2) is 73.8 Å². The predicted octanol–water partition coefficient (Wildman–Crippen LogP) is 8.27. The Labute approximate surface area is 157 Å². The molecule has 0 saturated carbocycles. The summed E-state index contributed by atoms with van der Waals surface area (Å²) >= 11 is 0. The molecule has 0 saturated heterocycles. The Kier molecular flexibility index (Phi) is 16.9. The normalized spacial score (nSPS) is 8.64. The Morgan fingerprint density at radius 3 is 1.36 bits per heavy atom. The van der Waals surface area contributed by atoms with E-state index in [2.05, 4.69) is 96.3 Å². The van der Waals surface area contributed by atoms with Crippen LogP contribution in [0.3, 0.4) is 0 Å². The molecule has 2 aromatic rings. The average Bonchev–Trinajstić information content (AvgIpc) is 2.64. The van der Waals surface area contributed by atoms with E-state index < -0.39 is 0 Å². The summed E-state index contributed by atoms with van der Waals surface area (Å²) in [5.41, 5.74) is 5.30. The van der Waals surface area contributed by atoms with Gasteiger partial charge in [-0.05, 0) is 36.0 Å². The van der Waals surface area contributed by atoms with Crippen molar-refractivity contribution in [1.29, 1.82) is 0 Å². The van der Waals surface area contributed by atoms with Crippen molar-refractivity contribution in [3.05, 3.63) is 85.0 Å². The van der Waals surface area contributed by atoms with Gasteiger partial charge in [-0.2, -0.15) is 0 Å².